The van der Waals surface area contributed by atoms with Crippen molar-refractivity contribution in [3.05, 3.63) is 29.3 Å². The Morgan fingerprint density at radius 2 is 1.88 bits per heavy atom. The maximum atomic E-state index is 12.4. The summed E-state index contributed by atoms with van der Waals surface area (Å²) in [5.74, 6) is 0.773. The minimum atomic E-state index is -0.172. The lowest BCUT2D eigenvalue weighted by molar-refractivity contribution is -0.116. The minimum absolute atomic E-state index is 0.0701. The van der Waals surface area contributed by atoms with Crippen LogP contribution in [-0.4, -0.2) is 80.4 Å². The van der Waals surface area contributed by atoms with Crippen LogP contribution in [0, 0.1) is 12.8 Å². The lowest BCUT2D eigenvalue weighted by atomic mass is 9.74. The first-order valence-electron chi connectivity index (χ1n) is 12.6. The zero-order valence-corrected chi connectivity index (χ0v) is 20.1. The second-order valence-corrected chi connectivity index (χ2v) is 10.5. The molecule has 2 amide bonds. The van der Waals surface area contributed by atoms with Crippen molar-refractivity contribution >= 4 is 17.7 Å². The molecule has 1 atom stereocenters. The highest BCUT2D eigenvalue weighted by atomic mass is 16.6. The fourth-order valence-electron chi connectivity index (χ4n) is 6.14. The highest BCUT2D eigenvalue weighted by molar-refractivity contribution is 5.94. The average Bonchev–Trinajstić information content (AvgIpc) is 3.42. The molecule has 7 nitrogen and oxygen atoms in total. The summed E-state index contributed by atoms with van der Waals surface area (Å²) in [4.78, 5) is 31.1. The highest BCUT2D eigenvalue weighted by Crippen LogP contribution is 2.47. The van der Waals surface area contributed by atoms with Gasteiger partial charge >= 0.3 is 6.09 Å². The van der Waals surface area contributed by atoms with Crippen molar-refractivity contribution in [3.63, 3.8) is 0 Å². The zero-order chi connectivity index (χ0) is 23.0. The van der Waals surface area contributed by atoms with Crippen LogP contribution in [0.1, 0.15) is 50.2 Å². The molecule has 33 heavy (non-hydrogen) atoms. The summed E-state index contributed by atoms with van der Waals surface area (Å²) in [6.45, 7) is 10.7. The van der Waals surface area contributed by atoms with Crippen LogP contribution in [0.4, 0.5) is 10.5 Å². The molecule has 4 aliphatic heterocycles. The predicted octanol–water partition coefficient (Wildman–Crippen LogP) is 3.33. The molecular formula is C26H37N3O4. The largest absolute Gasteiger partial charge is 0.444 e. The van der Waals surface area contributed by atoms with Crippen molar-refractivity contribution in [2.24, 2.45) is 5.92 Å². The molecule has 4 aliphatic rings. The highest BCUT2D eigenvalue weighted by Gasteiger charge is 2.45. The van der Waals surface area contributed by atoms with Crippen LogP contribution in [0.3, 0.4) is 0 Å². The number of hydrogen-bond donors (Lipinski definition) is 0. The summed E-state index contributed by atoms with van der Waals surface area (Å²) >= 11 is 0. The first-order chi connectivity index (χ1) is 15.9. The molecule has 180 valence electrons. The molecule has 0 aromatic heterocycles. The van der Waals surface area contributed by atoms with Crippen molar-refractivity contribution < 1.29 is 19.1 Å². The monoisotopic (exact) mass is 455 g/mol. The van der Waals surface area contributed by atoms with Crippen molar-refractivity contribution in [1.29, 1.82) is 0 Å². The van der Waals surface area contributed by atoms with Crippen LogP contribution >= 0.6 is 0 Å². The Labute approximate surface area is 197 Å². The first kappa shape index (κ1) is 22.7. The molecule has 5 rings (SSSR count). The maximum Gasteiger partial charge on any atom is 0.410 e. The van der Waals surface area contributed by atoms with E-state index in [0.717, 1.165) is 77.1 Å². The van der Waals surface area contributed by atoms with Gasteiger partial charge in [0.05, 0.1) is 13.2 Å². The summed E-state index contributed by atoms with van der Waals surface area (Å²) in [6, 6.07) is 6.55. The number of ether oxygens (including phenoxy) is 2. The number of hydrogen-bond acceptors (Lipinski definition) is 5. The van der Waals surface area contributed by atoms with E-state index in [1.807, 2.05) is 9.80 Å². The number of piperidine rings is 2. The van der Waals surface area contributed by atoms with Crippen LogP contribution in [0.15, 0.2) is 18.2 Å². The molecule has 3 saturated heterocycles. The van der Waals surface area contributed by atoms with Gasteiger partial charge in [0.2, 0.25) is 5.91 Å². The van der Waals surface area contributed by atoms with Crippen LogP contribution in [0.2, 0.25) is 0 Å². The van der Waals surface area contributed by atoms with Crippen LogP contribution in [0.25, 0.3) is 0 Å². The molecule has 0 N–H and O–H groups in total. The van der Waals surface area contributed by atoms with Gasteiger partial charge in [0, 0.05) is 50.6 Å². The summed E-state index contributed by atoms with van der Waals surface area (Å²) in [5.41, 5.74) is 3.86. The molecule has 3 fully saturated rings. The Balaban J connectivity index is 1.13. The van der Waals surface area contributed by atoms with Crippen LogP contribution < -0.4 is 4.90 Å². The molecule has 0 unspecified atom stereocenters. The van der Waals surface area contributed by atoms with E-state index in [2.05, 4.69) is 30.0 Å². The van der Waals surface area contributed by atoms with Gasteiger partial charge in [0.1, 0.15) is 6.10 Å². The number of fused-ring (bicyclic) bond motifs is 2. The molecule has 0 bridgehead atoms. The number of benzene rings is 1. The van der Waals surface area contributed by atoms with Crippen molar-refractivity contribution in [3.8, 4) is 0 Å². The number of aryl methyl sites for hydroxylation is 1. The standard InChI is InChI=1S/C26H37N3O4/c1-19-3-4-24-23(15-19)26(18-29(24)20(2)30)8-12-27(13-9-26)16-21-5-10-28(11-6-21)25(31)33-22-7-14-32-17-22/h3-4,15,21-22H,5-14,16-18H2,1-2H3/t22-/m1/s1. The zero-order valence-electron chi connectivity index (χ0n) is 20.1. The smallest absolute Gasteiger partial charge is 0.410 e. The summed E-state index contributed by atoms with van der Waals surface area (Å²) in [6.07, 6.45) is 4.85. The normalized spacial score (nSPS) is 25.5. The van der Waals surface area contributed by atoms with Crippen LogP contribution in [-0.2, 0) is 19.7 Å². The molecule has 0 saturated carbocycles. The third kappa shape index (κ3) is 4.62. The van der Waals surface area contributed by atoms with Gasteiger partial charge in [-0.15, -0.1) is 0 Å². The quantitative estimate of drug-likeness (QED) is 0.700. The van der Waals surface area contributed by atoms with Gasteiger partial charge in [0.25, 0.3) is 0 Å². The third-order valence-corrected chi connectivity index (χ3v) is 8.21. The first-order valence-corrected chi connectivity index (χ1v) is 12.6. The summed E-state index contributed by atoms with van der Waals surface area (Å²) < 4.78 is 10.9. The molecular weight excluding hydrogens is 418 g/mol. The molecule has 1 aromatic carbocycles. The topological polar surface area (TPSA) is 62.3 Å². The van der Waals surface area contributed by atoms with E-state index in [9.17, 15) is 9.59 Å². The Kier molecular flexibility index (Phi) is 6.36. The average molecular weight is 456 g/mol. The van der Waals surface area contributed by atoms with E-state index in [1.165, 1.54) is 11.1 Å². The van der Waals surface area contributed by atoms with Crippen LogP contribution in [0.5, 0.6) is 0 Å². The van der Waals surface area contributed by atoms with E-state index in [4.69, 9.17) is 9.47 Å². The fourth-order valence-corrected chi connectivity index (χ4v) is 6.14. The third-order valence-electron chi connectivity index (χ3n) is 8.21. The number of nitrogens with zero attached hydrogens (tertiary/aromatic N) is 3. The number of carbonyl (C=O) groups excluding carboxylic acids is 2. The minimum Gasteiger partial charge on any atom is -0.444 e. The second kappa shape index (κ2) is 9.26. The Bertz CT molecular complexity index is 882. The van der Waals surface area contributed by atoms with Gasteiger partial charge in [-0.25, -0.2) is 4.79 Å². The predicted molar refractivity (Wildman–Crippen MR) is 127 cm³/mol. The number of carbonyl (C=O) groups is 2. The number of anilines is 1. The van der Waals surface area contributed by atoms with Gasteiger partial charge in [-0.3, -0.25) is 4.79 Å². The van der Waals surface area contributed by atoms with E-state index in [1.54, 1.807) is 6.92 Å². The maximum absolute atomic E-state index is 12.4. The van der Waals surface area contributed by atoms with Crippen molar-refractivity contribution in [2.45, 2.75) is 57.5 Å². The lowest BCUT2D eigenvalue weighted by Gasteiger charge is -2.42. The van der Waals surface area contributed by atoms with E-state index in [-0.39, 0.29) is 23.5 Å². The number of rotatable bonds is 3. The van der Waals surface area contributed by atoms with E-state index in [0.29, 0.717) is 19.1 Å². The molecule has 0 radical (unpaired) electrons. The molecule has 1 spiro atoms. The molecule has 7 heteroatoms. The Hall–Kier alpha value is -2.12. The van der Waals surface area contributed by atoms with Gasteiger partial charge in [0.15, 0.2) is 0 Å². The molecule has 4 heterocycles. The molecule has 1 aromatic rings. The van der Waals surface area contributed by atoms with Gasteiger partial charge in [-0.2, -0.15) is 0 Å². The van der Waals surface area contributed by atoms with E-state index < -0.39 is 0 Å². The van der Waals surface area contributed by atoms with Gasteiger partial charge < -0.3 is 24.2 Å². The van der Waals surface area contributed by atoms with Gasteiger partial charge in [-0.1, -0.05) is 17.7 Å². The Morgan fingerprint density at radius 1 is 1.12 bits per heavy atom. The number of amides is 2. The molecule has 0 aliphatic carbocycles. The van der Waals surface area contributed by atoms with E-state index >= 15 is 0 Å². The SMILES string of the molecule is CC(=O)N1CC2(CCN(CC3CCN(C(=O)O[C@@H]4CCOC4)CC3)CC2)c2cc(C)ccc21. The van der Waals surface area contributed by atoms with Crippen molar-refractivity contribution in [1.82, 2.24) is 9.80 Å². The summed E-state index contributed by atoms with van der Waals surface area (Å²) in [5, 5.41) is 0. The summed E-state index contributed by atoms with van der Waals surface area (Å²) in [7, 11) is 0. The lowest BCUT2D eigenvalue weighted by Crippen LogP contribution is -2.48. The Morgan fingerprint density at radius 3 is 2.55 bits per heavy atom. The van der Waals surface area contributed by atoms with Crippen molar-refractivity contribution in [2.75, 3.05) is 57.4 Å². The number of likely N-dealkylation sites (tertiary alicyclic amines) is 2. The van der Waals surface area contributed by atoms with Gasteiger partial charge in [-0.05, 0) is 63.2 Å². The fraction of sp³-hybridized carbons (Fsp3) is 0.692. The second-order valence-electron chi connectivity index (χ2n) is 10.5.